The summed E-state index contributed by atoms with van der Waals surface area (Å²) < 4.78 is 32.6. The molecule has 0 spiro atoms. The standard InChI is InChI=1S/C19H22N4O5S.ClH/c1-2-7-28-19(25)14-9-21-17-16(14)13-8-12(3-4-15(13)22-18(17)24)29(26,27)23-6-5-11(20)10-23;/h3-4,8-9,11,21H,2,5-7,10,20H2,1H3,(H,22,24);1H/t11-;/m1./s1. The zero-order chi connectivity index (χ0) is 20.8. The Morgan fingerprint density at radius 2 is 2.13 bits per heavy atom. The number of nitrogens with zero attached hydrogens (tertiary/aromatic N) is 1. The lowest BCUT2D eigenvalue weighted by Crippen LogP contribution is -2.32. The third kappa shape index (κ3) is 3.71. The quantitative estimate of drug-likeness (QED) is 0.502. The van der Waals surface area contributed by atoms with E-state index in [0.29, 0.717) is 35.7 Å². The summed E-state index contributed by atoms with van der Waals surface area (Å²) in [5.41, 5.74) is 6.28. The number of esters is 1. The number of nitrogens with one attached hydrogen (secondary N) is 2. The number of hydrogen-bond donors (Lipinski definition) is 3. The van der Waals surface area contributed by atoms with Gasteiger partial charge in [-0.25, -0.2) is 13.2 Å². The van der Waals surface area contributed by atoms with E-state index in [2.05, 4.69) is 9.97 Å². The van der Waals surface area contributed by atoms with E-state index in [0.717, 1.165) is 0 Å². The zero-order valence-corrected chi connectivity index (χ0v) is 17.9. The van der Waals surface area contributed by atoms with Crippen molar-refractivity contribution in [3.63, 3.8) is 0 Å². The highest BCUT2D eigenvalue weighted by molar-refractivity contribution is 7.89. The molecule has 9 nitrogen and oxygen atoms in total. The van der Waals surface area contributed by atoms with Crippen LogP contribution in [0.15, 0.2) is 34.1 Å². The zero-order valence-electron chi connectivity index (χ0n) is 16.3. The lowest BCUT2D eigenvalue weighted by molar-refractivity contribution is 0.0507. The number of aromatic nitrogens is 2. The second kappa shape index (κ2) is 8.38. The van der Waals surface area contributed by atoms with Crippen molar-refractivity contribution in [1.29, 1.82) is 0 Å². The maximum Gasteiger partial charge on any atom is 0.340 e. The smallest absolute Gasteiger partial charge is 0.340 e. The van der Waals surface area contributed by atoms with E-state index in [4.69, 9.17) is 10.5 Å². The summed E-state index contributed by atoms with van der Waals surface area (Å²) in [5.74, 6) is -0.566. The number of pyridine rings is 1. The van der Waals surface area contributed by atoms with Crippen molar-refractivity contribution in [3.8, 4) is 0 Å². The molecular weight excluding hydrogens is 432 g/mol. The number of hydrogen-bond acceptors (Lipinski definition) is 6. The van der Waals surface area contributed by atoms with E-state index in [9.17, 15) is 18.0 Å². The third-order valence-corrected chi connectivity index (χ3v) is 6.96. The number of fused-ring (bicyclic) bond motifs is 3. The second-order valence-electron chi connectivity index (χ2n) is 7.16. The largest absolute Gasteiger partial charge is 0.462 e. The Bertz CT molecular complexity index is 1270. The van der Waals surface area contributed by atoms with E-state index in [1.54, 1.807) is 0 Å². The van der Waals surface area contributed by atoms with Gasteiger partial charge in [-0.3, -0.25) is 4.79 Å². The van der Waals surface area contributed by atoms with Crippen LogP contribution in [0.3, 0.4) is 0 Å². The maximum atomic E-state index is 13.0. The fourth-order valence-corrected chi connectivity index (χ4v) is 5.16. The molecule has 0 amide bonds. The molecule has 0 aliphatic carbocycles. The van der Waals surface area contributed by atoms with Gasteiger partial charge in [0.05, 0.1) is 17.1 Å². The van der Waals surface area contributed by atoms with Crippen LogP contribution < -0.4 is 11.3 Å². The summed E-state index contributed by atoms with van der Waals surface area (Å²) in [5, 5.41) is 0.800. The lowest BCUT2D eigenvalue weighted by atomic mass is 10.1. The number of carbonyl (C=O) groups excluding carboxylic acids is 1. The number of ether oxygens (including phenoxy) is 1. The van der Waals surface area contributed by atoms with Crippen molar-refractivity contribution in [1.82, 2.24) is 14.3 Å². The summed E-state index contributed by atoms with van der Waals surface area (Å²) >= 11 is 0. The molecular formula is C19H23ClN4O5S. The average Bonchev–Trinajstić information content (AvgIpc) is 3.33. The summed E-state index contributed by atoms with van der Waals surface area (Å²) in [6.07, 6.45) is 2.68. The highest BCUT2D eigenvalue weighted by Crippen LogP contribution is 2.29. The molecule has 3 aromatic rings. The molecule has 1 aliphatic rings. The van der Waals surface area contributed by atoms with Gasteiger partial charge in [-0.1, -0.05) is 6.92 Å². The highest BCUT2D eigenvalue weighted by Gasteiger charge is 2.31. The Hall–Kier alpha value is -2.40. The van der Waals surface area contributed by atoms with Crippen molar-refractivity contribution in [2.75, 3.05) is 19.7 Å². The highest BCUT2D eigenvalue weighted by atomic mass is 35.5. The minimum Gasteiger partial charge on any atom is -0.462 e. The topological polar surface area (TPSA) is 138 Å². The maximum absolute atomic E-state index is 13.0. The minimum absolute atomic E-state index is 0. The first kappa shape index (κ1) is 22.3. The van der Waals surface area contributed by atoms with Gasteiger partial charge in [-0.2, -0.15) is 4.31 Å². The van der Waals surface area contributed by atoms with E-state index in [-0.39, 0.29) is 47.6 Å². The molecule has 0 bridgehead atoms. The van der Waals surface area contributed by atoms with Crippen molar-refractivity contribution >= 4 is 50.2 Å². The molecule has 162 valence electrons. The molecule has 1 saturated heterocycles. The predicted octanol–water partition coefficient (Wildman–Crippen LogP) is 1.72. The van der Waals surface area contributed by atoms with Gasteiger partial charge in [0.15, 0.2) is 0 Å². The monoisotopic (exact) mass is 454 g/mol. The van der Waals surface area contributed by atoms with Gasteiger partial charge in [-0.05, 0) is 31.0 Å². The van der Waals surface area contributed by atoms with Crippen LogP contribution in [-0.4, -0.2) is 54.4 Å². The van der Waals surface area contributed by atoms with Crippen LogP contribution in [0.25, 0.3) is 21.8 Å². The second-order valence-corrected chi connectivity index (χ2v) is 9.10. The summed E-state index contributed by atoms with van der Waals surface area (Å²) in [6.45, 7) is 2.76. The molecule has 11 heteroatoms. The SMILES string of the molecule is CCCOC(=O)c1c[nH]c2c(=O)[nH]c3ccc(S(=O)(=O)N4CC[C@@H](N)C4)cc3c12.Cl. The molecule has 1 fully saturated rings. The molecule has 0 unspecified atom stereocenters. The van der Waals surface area contributed by atoms with Gasteiger partial charge in [0.1, 0.15) is 5.52 Å². The summed E-state index contributed by atoms with van der Waals surface area (Å²) in [7, 11) is -3.74. The first-order chi connectivity index (χ1) is 13.8. The van der Waals surface area contributed by atoms with Crippen LogP contribution in [0.1, 0.15) is 30.1 Å². The molecule has 1 aromatic carbocycles. The minimum atomic E-state index is -3.74. The number of halogens is 1. The fraction of sp³-hybridized carbons (Fsp3) is 0.368. The molecule has 4 N–H and O–H groups in total. The average molecular weight is 455 g/mol. The number of nitrogens with two attached hydrogens (primary N) is 1. The molecule has 3 heterocycles. The lowest BCUT2D eigenvalue weighted by Gasteiger charge is -2.16. The van der Waals surface area contributed by atoms with Crippen LogP contribution in [0, 0.1) is 0 Å². The summed E-state index contributed by atoms with van der Waals surface area (Å²) in [6, 6.07) is 4.29. The van der Waals surface area contributed by atoms with Gasteiger partial charge in [0.25, 0.3) is 5.56 Å². The summed E-state index contributed by atoms with van der Waals surface area (Å²) in [4.78, 5) is 30.5. The molecule has 2 aromatic heterocycles. The Labute approximate surface area is 179 Å². The van der Waals surface area contributed by atoms with Crippen molar-refractivity contribution in [2.24, 2.45) is 5.73 Å². The number of rotatable bonds is 5. The van der Waals surface area contributed by atoms with E-state index in [1.807, 2.05) is 6.92 Å². The molecule has 0 radical (unpaired) electrons. The Morgan fingerprint density at radius 3 is 2.80 bits per heavy atom. The van der Waals surface area contributed by atoms with Crippen molar-refractivity contribution in [2.45, 2.75) is 30.7 Å². The van der Waals surface area contributed by atoms with Gasteiger partial charge in [0.2, 0.25) is 10.0 Å². The molecule has 1 atom stereocenters. The first-order valence-electron chi connectivity index (χ1n) is 9.43. The Morgan fingerprint density at radius 1 is 1.37 bits per heavy atom. The normalized spacial score (nSPS) is 17.3. The molecule has 4 rings (SSSR count). The van der Waals surface area contributed by atoms with E-state index >= 15 is 0 Å². The fourth-order valence-electron chi connectivity index (χ4n) is 3.62. The van der Waals surface area contributed by atoms with Crippen LogP contribution >= 0.6 is 12.4 Å². The van der Waals surface area contributed by atoms with Gasteiger partial charge >= 0.3 is 5.97 Å². The molecule has 0 saturated carbocycles. The molecule has 30 heavy (non-hydrogen) atoms. The molecule has 1 aliphatic heterocycles. The Kier molecular flexibility index (Phi) is 6.23. The Balaban J connectivity index is 0.00000256. The number of benzene rings is 1. The van der Waals surface area contributed by atoms with Crippen LogP contribution in [0.2, 0.25) is 0 Å². The number of H-pyrrole nitrogens is 2. The van der Waals surface area contributed by atoms with Gasteiger partial charge < -0.3 is 20.4 Å². The van der Waals surface area contributed by atoms with Crippen molar-refractivity contribution in [3.05, 3.63) is 40.3 Å². The number of aromatic amines is 2. The van der Waals surface area contributed by atoms with E-state index < -0.39 is 21.6 Å². The van der Waals surface area contributed by atoms with Crippen molar-refractivity contribution < 1.29 is 17.9 Å². The first-order valence-corrected chi connectivity index (χ1v) is 10.9. The third-order valence-electron chi connectivity index (χ3n) is 5.10. The predicted molar refractivity (Wildman–Crippen MR) is 116 cm³/mol. The number of sulfonamides is 1. The van der Waals surface area contributed by atoms with Crippen LogP contribution in [-0.2, 0) is 14.8 Å². The number of carbonyl (C=O) groups is 1. The van der Waals surface area contributed by atoms with Gasteiger partial charge in [0, 0.05) is 41.6 Å². The van der Waals surface area contributed by atoms with Gasteiger partial charge in [-0.15, -0.1) is 12.4 Å². The van der Waals surface area contributed by atoms with E-state index in [1.165, 1.54) is 28.7 Å². The van der Waals surface area contributed by atoms with Crippen LogP contribution in [0.4, 0.5) is 0 Å². The van der Waals surface area contributed by atoms with Crippen LogP contribution in [0.5, 0.6) is 0 Å².